The van der Waals surface area contributed by atoms with Gasteiger partial charge in [0.15, 0.2) is 5.76 Å². The molecule has 90 valence electrons. The Kier molecular flexibility index (Phi) is 2.45. The Hall–Kier alpha value is -2.08. The van der Waals surface area contributed by atoms with Crippen molar-refractivity contribution in [3.8, 4) is 11.5 Å². The highest BCUT2D eigenvalue weighted by atomic mass is 79.9. The second-order valence-corrected chi connectivity index (χ2v) is 4.70. The SMILES string of the molecule is O=C(O)c1cnoc1-c1cc2cc(Br)ccc2[nH]1. The largest absolute Gasteiger partial charge is 0.477 e. The van der Waals surface area contributed by atoms with E-state index in [9.17, 15) is 4.79 Å². The van der Waals surface area contributed by atoms with Crippen LogP contribution in [0, 0.1) is 0 Å². The Labute approximate surface area is 110 Å². The number of halogens is 1. The Morgan fingerprint density at radius 3 is 3.00 bits per heavy atom. The molecule has 3 rings (SSSR count). The zero-order chi connectivity index (χ0) is 12.7. The molecule has 0 aliphatic carbocycles. The lowest BCUT2D eigenvalue weighted by molar-refractivity contribution is 0.0697. The second-order valence-electron chi connectivity index (χ2n) is 3.79. The van der Waals surface area contributed by atoms with Crippen molar-refractivity contribution in [3.63, 3.8) is 0 Å². The topological polar surface area (TPSA) is 79.1 Å². The van der Waals surface area contributed by atoms with Crippen molar-refractivity contribution in [2.75, 3.05) is 0 Å². The van der Waals surface area contributed by atoms with Gasteiger partial charge in [0.05, 0.1) is 11.9 Å². The summed E-state index contributed by atoms with van der Waals surface area (Å²) < 4.78 is 5.95. The van der Waals surface area contributed by atoms with Crippen molar-refractivity contribution >= 4 is 32.8 Å². The van der Waals surface area contributed by atoms with Gasteiger partial charge in [0.1, 0.15) is 5.56 Å². The molecule has 3 aromatic rings. The number of nitrogens with zero attached hydrogens (tertiary/aromatic N) is 1. The first-order valence-electron chi connectivity index (χ1n) is 5.12. The van der Waals surface area contributed by atoms with E-state index in [0.29, 0.717) is 5.69 Å². The van der Waals surface area contributed by atoms with Gasteiger partial charge < -0.3 is 14.6 Å². The van der Waals surface area contributed by atoms with E-state index in [-0.39, 0.29) is 11.3 Å². The Morgan fingerprint density at radius 2 is 2.22 bits per heavy atom. The van der Waals surface area contributed by atoms with Crippen molar-refractivity contribution in [1.29, 1.82) is 0 Å². The Balaban J connectivity index is 2.19. The van der Waals surface area contributed by atoms with E-state index < -0.39 is 5.97 Å². The molecular weight excluding hydrogens is 300 g/mol. The summed E-state index contributed by atoms with van der Waals surface area (Å²) in [6.45, 7) is 0. The molecule has 0 amide bonds. The summed E-state index contributed by atoms with van der Waals surface area (Å²) in [5.41, 5.74) is 1.54. The molecule has 0 aliphatic heterocycles. The highest BCUT2D eigenvalue weighted by Crippen LogP contribution is 2.28. The van der Waals surface area contributed by atoms with Crippen LogP contribution in [-0.2, 0) is 0 Å². The molecule has 0 saturated heterocycles. The fourth-order valence-electron chi connectivity index (χ4n) is 1.81. The Bertz CT molecular complexity index is 745. The first kappa shape index (κ1) is 11.0. The van der Waals surface area contributed by atoms with Crippen molar-refractivity contribution in [2.24, 2.45) is 0 Å². The van der Waals surface area contributed by atoms with Gasteiger partial charge in [0.2, 0.25) is 0 Å². The van der Waals surface area contributed by atoms with Crippen LogP contribution < -0.4 is 0 Å². The molecule has 0 unspecified atom stereocenters. The van der Waals surface area contributed by atoms with Crippen LogP contribution >= 0.6 is 15.9 Å². The first-order valence-corrected chi connectivity index (χ1v) is 5.91. The van der Waals surface area contributed by atoms with Gasteiger partial charge in [-0.2, -0.15) is 0 Å². The van der Waals surface area contributed by atoms with Crippen LogP contribution in [0.5, 0.6) is 0 Å². The number of H-pyrrole nitrogens is 1. The summed E-state index contributed by atoms with van der Waals surface area (Å²) in [7, 11) is 0. The molecule has 2 aromatic heterocycles. The van der Waals surface area contributed by atoms with Crippen molar-refractivity contribution in [2.45, 2.75) is 0 Å². The van der Waals surface area contributed by atoms with Crippen LogP contribution in [-0.4, -0.2) is 21.2 Å². The first-order chi connectivity index (χ1) is 8.65. The molecule has 6 heteroatoms. The molecule has 0 atom stereocenters. The molecule has 2 heterocycles. The van der Waals surface area contributed by atoms with E-state index in [4.69, 9.17) is 9.63 Å². The van der Waals surface area contributed by atoms with Crippen LogP contribution in [0.25, 0.3) is 22.4 Å². The third-order valence-electron chi connectivity index (χ3n) is 2.63. The van der Waals surface area contributed by atoms with Crippen LogP contribution in [0.1, 0.15) is 10.4 Å². The molecule has 1 aromatic carbocycles. The number of carbonyl (C=O) groups is 1. The maximum absolute atomic E-state index is 11.0. The van der Waals surface area contributed by atoms with Gasteiger partial charge in [0, 0.05) is 15.4 Å². The highest BCUT2D eigenvalue weighted by Gasteiger charge is 2.18. The average Bonchev–Trinajstić information content (AvgIpc) is 2.93. The number of aromatic carboxylic acids is 1. The predicted molar refractivity (Wildman–Crippen MR) is 68.5 cm³/mol. The van der Waals surface area contributed by atoms with E-state index in [1.165, 1.54) is 6.20 Å². The average molecular weight is 307 g/mol. The lowest BCUT2D eigenvalue weighted by Crippen LogP contribution is -1.95. The number of hydrogen-bond acceptors (Lipinski definition) is 3. The second kappa shape index (κ2) is 3.99. The van der Waals surface area contributed by atoms with Crippen LogP contribution in [0.15, 0.2) is 39.5 Å². The fraction of sp³-hybridized carbons (Fsp3) is 0. The van der Waals surface area contributed by atoms with E-state index in [1.807, 2.05) is 24.3 Å². The number of nitrogens with one attached hydrogen (secondary N) is 1. The molecular formula is C12H7BrN2O3. The van der Waals surface area contributed by atoms with Crippen LogP contribution in [0.3, 0.4) is 0 Å². The quantitative estimate of drug-likeness (QED) is 0.761. The standard InChI is InChI=1S/C12H7BrN2O3/c13-7-1-2-9-6(3-7)4-10(15-9)11-8(12(16)17)5-14-18-11/h1-5,15H,(H,16,17). The molecule has 18 heavy (non-hydrogen) atoms. The normalized spacial score (nSPS) is 10.9. The molecule has 5 nitrogen and oxygen atoms in total. The monoisotopic (exact) mass is 306 g/mol. The van der Waals surface area contributed by atoms with E-state index >= 15 is 0 Å². The minimum Gasteiger partial charge on any atom is -0.477 e. The van der Waals surface area contributed by atoms with Gasteiger partial charge in [-0.1, -0.05) is 21.1 Å². The number of fused-ring (bicyclic) bond motifs is 1. The van der Waals surface area contributed by atoms with Gasteiger partial charge in [-0.3, -0.25) is 0 Å². The van der Waals surface area contributed by atoms with Gasteiger partial charge in [-0.05, 0) is 24.3 Å². The van der Waals surface area contributed by atoms with Gasteiger partial charge >= 0.3 is 5.97 Å². The number of rotatable bonds is 2. The minimum absolute atomic E-state index is 0.0422. The molecule has 0 aliphatic rings. The maximum atomic E-state index is 11.0. The Morgan fingerprint density at radius 1 is 1.39 bits per heavy atom. The third kappa shape index (κ3) is 1.70. The highest BCUT2D eigenvalue weighted by molar-refractivity contribution is 9.10. The predicted octanol–water partition coefficient (Wildman–Crippen LogP) is 3.28. The smallest absolute Gasteiger partial charge is 0.341 e. The molecule has 0 saturated carbocycles. The third-order valence-corrected chi connectivity index (χ3v) is 3.12. The number of carboxylic acid groups (broad SMARTS) is 1. The van der Waals surface area contributed by atoms with E-state index in [2.05, 4.69) is 26.1 Å². The molecule has 0 bridgehead atoms. The summed E-state index contributed by atoms with van der Waals surface area (Å²) in [5, 5.41) is 13.5. The fourth-order valence-corrected chi connectivity index (χ4v) is 2.19. The zero-order valence-corrected chi connectivity index (χ0v) is 10.6. The van der Waals surface area contributed by atoms with Gasteiger partial charge in [-0.15, -0.1) is 0 Å². The van der Waals surface area contributed by atoms with E-state index in [0.717, 1.165) is 15.4 Å². The van der Waals surface area contributed by atoms with E-state index in [1.54, 1.807) is 0 Å². The minimum atomic E-state index is -1.06. The summed E-state index contributed by atoms with van der Waals surface area (Å²) in [6, 6.07) is 7.57. The number of aromatic nitrogens is 2. The molecule has 0 fully saturated rings. The van der Waals surface area contributed by atoms with Crippen molar-refractivity contribution < 1.29 is 14.4 Å². The summed E-state index contributed by atoms with van der Waals surface area (Å²) in [5.74, 6) is -0.832. The van der Waals surface area contributed by atoms with Crippen LogP contribution in [0.4, 0.5) is 0 Å². The number of carboxylic acids is 1. The number of aromatic amines is 1. The summed E-state index contributed by atoms with van der Waals surface area (Å²) in [4.78, 5) is 14.1. The summed E-state index contributed by atoms with van der Waals surface area (Å²) in [6.07, 6.45) is 1.19. The van der Waals surface area contributed by atoms with Gasteiger partial charge in [-0.25, -0.2) is 4.79 Å². The lowest BCUT2D eigenvalue weighted by Gasteiger charge is -1.92. The number of benzene rings is 1. The zero-order valence-electron chi connectivity index (χ0n) is 8.98. The molecule has 0 radical (unpaired) electrons. The van der Waals surface area contributed by atoms with Crippen molar-refractivity contribution in [1.82, 2.24) is 10.1 Å². The maximum Gasteiger partial charge on any atom is 0.341 e. The lowest BCUT2D eigenvalue weighted by atomic mass is 10.2. The van der Waals surface area contributed by atoms with Gasteiger partial charge in [0.25, 0.3) is 0 Å². The van der Waals surface area contributed by atoms with Crippen LogP contribution in [0.2, 0.25) is 0 Å². The molecule has 0 spiro atoms. The molecule has 2 N–H and O–H groups in total. The summed E-state index contributed by atoms with van der Waals surface area (Å²) >= 11 is 3.38. The number of hydrogen-bond donors (Lipinski definition) is 2. The van der Waals surface area contributed by atoms with Crippen molar-refractivity contribution in [3.05, 3.63) is 40.5 Å².